The lowest BCUT2D eigenvalue weighted by Crippen LogP contribution is -2.42. The Morgan fingerprint density at radius 2 is 1.90 bits per heavy atom. The lowest BCUT2D eigenvalue weighted by atomic mass is 10.1. The number of nitrogens with zero attached hydrogens (tertiary/aromatic N) is 1. The number of para-hydroxylation sites is 1. The molecule has 108 valence electrons. The van der Waals surface area contributed by atoms with Crippen LogP contribution in [-0.4, -0.2) is 11.2 Å². The normalized spacial score (nSPS) is 16.7. The van der Waals surface area contributed by atoms with Crippen LogP contribution in [0.15, 0.2) is 48.5 Å². The third kappa shape index (κ3) is 2.93. The van der Waals surface area contributed by atoms with E-state index >= 15 is 0 Å². The number of nitrogens with one attached hydrogen (secondary N) is 1. The smallest absolute Gasteiger partial charge is 0.174 e. The predicted molar refractivity (Wildman–Crippen MR) is 92.7 cm³/mol. The van der Waals surface area contributed by atoms with Crippen LogP contribution < -0.4 is 10.2 Å². The van der Waals surface area contributed by atoms with Crippen molar-refractivity contribution in [3.05, 3.63) is 65.2 Å². The van der Waals surface area contributed by atoms with E-state index in [0.717, 1.165) is 18.1 Å². The zero-order valence-electron chi connectivity index (χ0n) is 12.5. The molecule has 2 nitrogen and oxygen atoms in total. The molecule has 2 aromatic rings. The molecule has 2 aromatic carbocycles. The summed E-state index contributed by atoms with van der Waals surface area (Å²) in [5.74, 6) is 0. The monoisotopic (exact) mass is 296 g/mol. The second-order valence-corrected chi connectivity index (χ2v) is 6.08. The SMILES string of the molecule is Cc1ccc(CNC(=S)N2c3ccccc3CC2C)cc1. The van der Waals surface area contributed by atoms with Crippen molar-refractivity contribution < 1.29 is 0 Å². The highest BCUT2D eigenvalue weighted by molar-refractivity contribution is 7.80. The van der Waals surface area contributed by atoms with Gasteiger partial charge in [-0.05, 0) is 49.7 Å². The van der Waals surface area contributed by atoms with Crippen LogP contribution in [0.3, 0.4) is 0 Å². The highest BCUT2D eigenvalue weighted by atomic mass is 32.1. The van der Waals surface area contributed by atoms with E-state index in [1.165, 1.54) is 22.4 Å². The summed E-state index contributed by atoms with van der Waals surface area (Å²) in [5, 5.41) is 4.20. The van der Waals surface area contributed by atoms with E-state index in [0.29, 0.717) is 6.04 Å². The molecule has 0 radical (unpaired) electrons. The molecular formula is C18H20N2S. The summed E-state index contributed by atoms with van der Waals surface area (Å²) < 4.78 is 0. The van der Waals surface area contributed by atoms with Gasteiger partial charge in [-0.25, -0.2) is 0 Å². The Hall–Kier alpha value is -1.87. The summed E-state index contributed by atoms with van der Waals surface area (Å²) in [6.45, 7) is 5.09. The first-order chi connectivity index (χ1) is 10.1. The van der Waals surface area contributed by atoms with E-state index in [2.05, 4.69) is 72.6 Å². The molecule has 0 fully saturated rings. The van der Waals surface area contributed by atoms with Crippen LogP contribution in [-0.2, 0) is 13.0 Å². The molecule has 0 aromatic heterocycles. The molecule has 0 saturated carbocycles. The van der Waals surface area contributed by atoms with Crippen LogP contribution in [0.1, 0.15) is 23.6 Å². The first-order valence-electron chi connectivity index (χ1n) is 7.35. The lowest BCUT2D eigenvalue weighted by Gasteiger charge is -2.26. The Morgan fingerprint density at radius 1 is 1.19 bits per heavy atom. The van der Waals surface area contributed by atoms with Crippen LogP contribution in [0.2, 0.25) is 0 Å². The molecule has 3 rings (SSSR count). The summed E-state index contributed by atoms with van der Waals surface area (Å²) in [7, 11) is 0. The lowest BCUT2D eigenvalue weighted by molar-refractivity contribution is 0.755. The molecule has 1 unspecified atom stereocenters. The van der Waals surface area contributed by atoms with E-state index < -0.39 is 0 Å². The third-order valence-corrected chi connectivity index (χ3v) is 4.33. The second-order valence-electron chi connectivity index (χ2n) is 5.70. The molecule has 1 aliphatic rings. The van der Waals surface area contributed by atoms with Gasteiger partial charge in [-0.15, -0.1) is 0 Å². The Morgan fingerprint density at radius 3 is 2.67 bits per heavy atom. The Labute approximate surface area is 131 Å². The number of anilines is 1. The van der Waals surface area contributed by atoms with Crippen molar-refractivity contribution in [2.45, 2.75) is 32.9 Å². The van der Waals surface area contributed by atoms with Crippen LogP contribution in [0.5, 0.6) is 0 Å². The molecule has 0 saturated heterocycles. The molecule has 0 aliphatic carbocycles. The minimum absolute atomic E-state index is 0.417. The van der Waals surface area contributed by atoms with E-state index in [4.69, 9.17) is 12.2 Å². The van der Waals surface area contributed by atoms with Crippen molar-refractivity contribution >= 4 is 23.0 Å². The minimum atomic E-state index is 0.417. The van der Waals surface area contributed by atoms with E-state index in [-0.39, 0.29) is 0 Å². The largest absolute Gasteiger partial charge is 0.358 e. The average Bonchev–Trinajstić information content (AvgIpc) is 2.82. The van der Waals surface area contributed by atoms with E-state index in [1.54, 1.807) is 0 Å². The average molecular weight is 296 g/mol. The summed E-state index contributed by atoms with van der Waals surface area (Å²) >= 11 is 5.61. The summed E-state index contributed by atoms with van der Waals surface area (Å²) in [4.78, 5) is 2.23. The van der Waals surface area contributed by atoms with Crippen molar-refractivity contribution in [1.82, 2.24) is 5.32 Å². The van der Waals surface area contributed by atoms with Crippen LogP contribution in [0.4, 0.5) is 5.69 Å². The zero-order valence-corrected chi connectivity index (χ0v) is 13.3. The van der Waals surface area contributed by atoms with Gasteiger partial charge in [0, 0.05) is 18.3 Å². The van der Waals surface area contributed by atoms with Crippen molar-refractivity contribution in [3.8, 4) is 0 Å². The van der Waals surface area contributed by atoms with Gasteiger partial charge in [0.2, 0.25) is 0 Å². The summed E-state index contributed by atoms with van der Waals surface area (Å²) in [6.07, 6.45) is 1.06. The number of thiocarbonyl (C=S) groups is 1. The first kappa shape index (κ1) is 14.1. The molecule has 1 atom stereocenters. The number of hydrogen-bond donors (Lipinski definition) is 1. The highest BCUT2D eigenvalue weighted by Crippen LogP contribution is 2.31. The molecule has 0 amide bonds. The zero-order chi connectivity index (χ0) is 14.8. The highest BCUT2D eigenvalue weighted by Gasteiger charge is 2.28. The van der Waals surface area contributed by atoms with Gasteiger partial charge in [-0.2, -0.15) is 0 Å². The molecule has 0 spiro atoms. The van der Waals surface area contributed by atoms with Gasteiger partial charge < -0.3 is 10.2 Å². The van der Waals surface area contributed by atoms with Gasteiger partial charge in [-0.1, -0.05) is 48.0 Å². The van der Waals surface area contributed by atoms with Gasteiger partial charge in [0.25, 0.3) is 0 Å². The number of hydrogen-bond acceptors (Lipinski definition) is 1. The Balaban J connectivity index is 1.70. The van der Waals surface area contributed by atoms with E-state index in [9.17, 15) is 0 Å². The summed E-state index contributed by atoms with van der Waals surface area (Å²) in [5.41, 5.74) is 5.15. The second kappa shape index (κ2) is 5.86. The van der Waals surface area contributed by atoms with Gasteiger partial charge >= 0.3 is 0 Å². The molecule has 1 aliphatic heterocycles. The maximum Gasteiger partial charge on any atom is 0.174 e. The van der Waals surface area contributed by atoms with Gasteiger partial charge in [0.05, 0.1) is 0 Å². The number of rotatable bonds is 2. The molecule has 3 heteroatoms. The van der Waals surface area contributed by atoms with E-state index in [1.807, 2.05) is 0 Å². The fraction of sp³-hybridized carbons (Fsp3) is 0.278. The number of benzene rings is 2. The first-order valence-corrected chi connectivity index (χ1v) is 7.76. The number of fused-ring (bicyclic) bond motifs is 1. The Bertz CT molecular complexity index is 649. The fourth-order valence-corrected chi connectivity index (χ4v) is 3.19. The maximum absolute atomic E-state index is 5.61. The molecule has 1 heterocycles. The Kier molecular flexibility index (Phi) is 3.93. The molecular weight excluding hydrogens is 276 g/mol. The van der Waals surface area contributed by atoms with Gasteiger partial charge in [0.1, 0.15) is 0 Å². The third-order valence-electron chi connectivity index (χ3n) is 3.99. The van der Waals surface area contributed by atoms with Crippen LogP contribution in [0.25, 0.3) is 0 Å². The maximum atomic E-state index is 5.61. The molecule has 1 N–H and O–H groups in total. The van der Waals surface area contributed by atoms with Crippen LogP contribution >= 0.6 is 12.2 Å². The summed E-state index contributed by atoms with van der Waals surface area (Å²) in [6, 6.07) is 17.5. The topological polar surface area (TPSA) is 15.3 Å². The minimum Gasteiger partial charge on any atom is -0.358 e. The van der Waals surface area contributed by atoms with Crippen molar-refractivity contribution in [3.63, 3.8) is 0 Å². The molecule has 0 bridgehead atoms. The number of aryl methyl sites for hydroxylation is 1. The van der Waals surface area contributed by atoms with Gasteiger partial charge in [-0.3, -0.25) is 0 Å². The van der Waals surface area contributed by atoms with Gasteiger partial charge in [0.15, 0.2) is 5.11 Å². The quantitative estimate of drug-likeness (QED) is 0.848. The van der Waals surface area contributed by atoms with Crippen molar-refractivity contribution in [2.75, 3.05) is 4.90 Å². The van der Waals surface area contributed by atoms with Crippen molar-refractivity contribution in [1.29, 1.82) is 0 Å². The molecule has 21 heavy (non-hydrogen) atoms. The predicted octanol–water partition coefficient (Wildman–Crippen LogP) is 3.82. The van der Waals surface area contributed by atoms with Crippen molar-refractivity contribution in [2.24, 2.45) is 0 Å². The standard InChI is InChI=1S/C18H20N2S/c1-13-7-9-15(10-8-13)12-19-18(21)20-14(2)11-16-5-3-4-6-17(16)20/h3-10,14H,11-12H2,1-2H3,(H,19,21). The van der Waals surface area contributed by atoms with Crippen LogP contribution in [0, 0.1) is 6.92 Å². The fourth-order valence-electron chi connectivity index (χ4n) is 2.84.